The van der Waals surface area contributed by atoms with E-state index in [1.807, 2.05) is 30.5 Å². The van der Waals surface area contributed by atoms with Crippen molar-refractivity contribution < 1.29 is 8.83 Å². The average molecular weight is 715 g/mol. The molecule has 0 aliphatic rings. The maximum absolute atomic E-state index is 6.57. The Bertz CT molecular complexity index is 3390. The Hall–Kier alpha value is -7.56. The summed E-state index contributed by atoms with van der Waals surface area (Å²) < 4.78 is 13.1. The zero-order valence-corrected chi connectivity index (χ0v) is 30.0. The van der Waals surface area contributed by atoms with E-state index in [4.69, 9.17) is 18.8 Å². The van der Waals surface area contributed by atoms with Crippen LogP contribution in [0.15, 0.2) is 191 Å². The van der Waals surface area contributed by atoms with Crippen molar-refractivity contribution in [1.29, 1.82) is 0 Å². The minimum Gasteiger partial charge on any atom is -0.455 e. The van der Waals surface area contributed by atoms with Gasteiger partial charge in [0.05, 0.1) is 22.9 Å². The maximum atomic E-state index is 6.57. The van der Waals surface area contributed by atoms with Crippen LogP contribution in [0.4, 0.5) is 0 Å². The summed E-state index contributed by atoms with van der Waals surface area (Å²) in [5.41, 5.74) is 13.5. The highest BCUT2D eigenvalue weighted by atomic mass is 16.3. The molecule has 0 bridgehead atoms. The first-order valence-corrected chi connectivity index (χ1v) is 18.9. The molecule has 0 saturated heterocycles. The number of furan rings is 2. The second-order valence-electron chi connectivity index (χ2n) is 14.5. The van der Waals surface area contributed by atoms with Gasteiger partial charge in [0, 0.05) is 49.0 Å². The summed E-state index contributed by atoms with van der Waals surface area (Å²) in [6.45, 7) is 0. The van der Waals surface area contributed by atoms with Crippen LogP contribution in [0.3, 0.4) is 0 Å². The smallest absolute Gasteiger partial charge is 0.143 e. The van der Waals surface area contributed by atoms with Crippen LogP contribution < -0.4 is 0 Å². The predicted molar refractivity (Wildman–Crippen MR) is 231 cm³/mol. The third kappa shape index (κ3) is 4.66. The van der Waals surface area contributed by atoms with E-state index in [1.165, 1.54) is 10.8 Å². The van der Waals surface area contributed by atoms with Gasteiger partial charge in [0.15, 0.2) is 0 Å². The van der Waals surface area contributed by atoms with Crippen molar-refractivity contribution in [1.82, 2.24) is 9.97 Å². The first kappa shape index (κ1) is 30.9. The van der Waals surface area contributed by atoms with Crippen molar-refractivity contribution in [3.63, 3.8) is 0 Å². The minimum atomic E-state index is 0.829. The molecule has 0 N–H and O–H groups in total. The van der Waals surface area contributed by atoms with E-state index in [9.17, 15) is 0 Å². The summed E-state index contributed by atoms with van der Waals surface area (Å²) in [4.78, 5) is 10.4. The van der Waals surface area contributed by atoms with Crippen molar-refractivity contribution in [2.24, 2.45) is 0 Å². The lowest BCUT2D eigenvalue weighted by Crippen LogP contribution is -1.92. The number of aromatic nitrogens is 2. The quantitative estimate of drug-likeness (QED) is 0.170. The highest BCUT2D eigenvalue weighted by molar-refractivity contribution is 6.23. The summed E-state index contributed by atoms with van der Waals surface area (Å²) in [5, 5.41) is 8.99. The molecule has 0 spiro atoms. The zero-order chi connectivity index (χ0) is 36.7. The Labute approximate surface area is 320 Å². The molecule has 0 amide bonds. The summed E-state index contributed by atoms with van der Waals surface area (Å²) in [5.74, 6) is 0. The van der Waals surface area contributed by atoms with Gasteiger partial charge in [-0.15, -0.1) is 0 Å². The Balaban J connectivity index is 1.07. The summed E-state index contributed by atoms with van der Waals surface area (Å²) in [6, 6.07) is 61.8. The molecule has 4 nitrogen and oxygen atoms in total. The van der Waals surface area contributed by atoms with Crippen molar-refractivity contribution in [3.8, 4) is 44.6 Å². The molecule has 0 unspecified atom stereocenters. The molecule has 12 rings (SSSR count). The second-order valence-corrected chi connectivity index (χ2v) is 14.5. The predicted octanol–water partition coefficient (Wildman–Crippen LogP) is 14.4. The highest BCUT2D eigenvalue weighted by Crippen LogP contribution is 2.42. The molecule has 9 aromatic carbocycles. The summed E-state index contributed by atoms with van der Waals surface area (Å²) in [7, 11) is 0. The van der Waals surface area contributed by atoms with Crippen LogP contribution in [0.25, 0.3) is 121 Å². The van der Waals surface area contributed by atoms with Gasteiger partial charge in [-0.05, 0) is 69.4 Å². The number of hydrogen-bond acceptors (Lipinski definition) is 4. The van der Waals surface area contributed by atoms with E-state index in [-0.39, 0.29) is 0 Å². The van der Waals surface area contributed by atoms with Crippen LogP contribution in [0.5, 0.6) is 0 Å². The van der Waals surface area contributed by atoms with Gasteiger partial charge in [0.1, 0.15) is 22.3 Å². The molecule has 260 valence electrons. The SMILES string of the molecule is c1cc(-c2cc(-c3cccc4c3oc3ccccc34)cc(-c3cccc4c3oc3ccccc34)c2)cc(-c2cnc3c4ccccc4c4ccccc4c3n2)c1. The van der Waals surface area contributed by atoms with Gasteiger partial charge in [0.2, 0.25) is 0 Å². The maximum Gasteiger partial charge on any atom is 0.143 e. The van der Waals surface area contributed by atoms with Gasteiger partial charge in [0.25, 0.3) is 0 Å². The van der Waals surface area contributed by atoms with Gasteiger partial charge in [-0.25, -0.2) is 4.98 Å². The minimum absolute atomic E-state index is 0.829. The Morgan fingerprint density at radius 2 is 0.768 bits per heavy atom. The number of fused-ring (bicyclic) bond motifs is 12. The molecule has 0 aliphatic carbocycles. The molecule has 3 heterocycles. The van der Waals surface area contributed by atoms with E-state index in [1.54, 1.807) is 0 Å². The molecule has 0 atom stereocenters. The lowest BCUT2D eigenvalue weighted by atomic mass is 9.91. The first-order valence-electron chi connectivity index (χ1n) is 18.9. The largest absolute Gasteiger partial charge is 0.455 e. The van der Waals surface area contributed by atoms with E-state index < -0.39 is 0 Å². The monoisotopic (exact) mass is 714 g/mol. The molecular formula is C52H30N2O2. The van der Waals surface area contributed by atoms with Crippen molar-refractivity contribution >= 4 is 76.5 Å². The van der Waals surface area contributed by atoms with Gasteiger partial charge in [-0.1, -0.05) is 140 Å². The summed E-state index contributed by atoms with van der Waals surface area (Å²) in [6.07, 6.45) is 1.91. The highest BCUT2D eigenvalue weighted by Gasteiger charge is 2.18. The van der Waals surface area contributed by atoms with Gasteiger partial charge < -0.3 is 8.83 Å². The van der Waals surface area contributed by atoms with E-state index in [0.29, 0.717) is 0 Å². The summed E-state index contributed by atoms with van der Waals surface area (Å²) >= 11 is 0. The third-order valence-electron chi connectivity index (χ3n) is 11.3. The molecule has 0 radical (unpaired) electrons. The third-order valence-corrected chi connectivity index (χ3v) is 11.3. The van der Waals surface area contributed by atoms with Crippen molar-refractivity contribution in [3.05, 3.63) is 182 Å². The fourth-order valence-electron chi connectivity index (χ4n) is 8.67. The molecule has 3 aromatic heterocycles. The molecule has 0 aliphatic heterocycles. The number of rotatable bonds is 4. The first-order chi connectivity index (χ1) is 27.7. The fraction of sp³-hybridized carbons (Fsp3) is 0. The Morgan fingerprint density at radius 1 is 0.321 bits per heavy atom. The lowest BCUT2D eigenvalue weighted by Gasteiger charge is -2.13. The second kappa shape index (κ2) is 12.0. The zero-order valence-electron chi connectivity index (χ0n) is 30.0. The van der Waals surface area contributed by atoms with E-state index >= 15 is 0 Å². The molecule has 0 fully saturated rings. The van der Waals surface area contributed by atoms with E-state index in [2.05, 4.69) is 152 Å². The number of benzene rings is 9. The standard InChI is InChI=1S/C52H30N2O2/c1-3-18-42-38(14-1)39-15-2-4-19-43(39)50-49(42)53-30-46(54-50)32-13-9-12-31(26-32)33-27-34(36-20-10-22-44-40-16-5-7-24-47(40)55-51(36)44)29-35(28-33)37-21-11-23-45-41-17-6-8-25-48(41)56-52(37)45/h1-30H. The van der Waals surface area contributed by atoms with Gasteiger partial charge >= 0.3 is 0 Å². The van der Waals surface area contributed by atoms with Crippen LogP contribution in [-0.4, -0.2) is 9.97 Å². The Morgan fingerprint density at radius 3 is 1.38 bits per heavy atom. The van der Waals surface area contributed by atoms with Crippen LogP contribution in [0.1, 0.15) is 0 Å². The molecule has 12 aromatic rings. The number of hydrogen-bond donors (Lipinski definition) is 0. The molecular weight excluding hydrogens is 685 g/mol. The normalized spacial score (nSPS) is 11.9. The van der Waals surface area contributed by atoms with Gasteiger partial charge in [-0.2, -0.15) is 0 Å². The van der Waals surface area contributed by atoms with Crippen LogP contribution in [0, 0.1) is 0 Å². The fourth-order valence-corrected chi connectivity index (χ4v) is 8.67. The van der Waals surface area contributed by atoms with Crippen LogP contribution >= 0.6 is 0 Å². The van der Waals surface area contributed by atoms with Crippen LogP contribution in [-0.2, 0) is 0 Å². The number of nitrogens with zero attached hydrogens (tertiary/aromatic N) is 2. The van der Waals surface area contributed by atoms with Crippen molar-refractivity contribution in [2.45, 2.75) is 0 Å². The molecule has 4 heteroatoms. The van der Waals surface area contributed by atoms with Crippen molar-refractivity contribution in [2.75, 3.05) is 0 Å². The Kier molecular flexibility index (Phi) is 6.60. The van der Waals surface area contributed by atoms with Crippen LogP contribution in [0.2, 0.25) is 0 Å². The molecule has 0 saturated carbocycles. The lowest BCUT2D eigenvalue weighted by molar-refractivity contribution is 0.670. The topological polar surface area (TPSA) is 52.1 Å². The molecule has 56 heavy (non-hydrogen) atoms. The van der Waals surface area contributed by atoms with Gasteiger partial charge in [-0.3, -0.25) is 4.98 Å². The van der Waals surface area contributed by atoms with E-state index in [0.717, 1.165) is 110 Å². The average Bonchev–Trinajstić information content (AvgIpc) is 3.85. The number of para-hydroxylation sites is 4.